The van der Waals surface area contributed by atoms with Crippen LogP contribution in [0.5, 0.6) is 11.5 Å². The zero-order valence-corrected chi connectivity index (χ0v) is 16.5. The van der Waals surface area contributed by atoms with Crippen LogP contribution in [0.25, 0.3) is 0 Å². The van der Waals surface area contributed by atoms with Crippen LogP contribution in [0.2, 0.25) is 0 Å². The number of rotatable bonds is 6. The molecule has 1 aromatic heterocycles. The number of ketones is 1. The van der Waals surface area contributed by atoms with Crippen molar-refractivity contribution in [3.05, 3.63) is 40.7 Å². The summed E-state index contributed by atoms with van der Waals surface area (Å²) >= 11 is 1.40. The molecule has 1 aliphatic heterocycles. The summed E-state index contributed by atoms with van der Waals surface area (Å²) in [5.74, 6) is 1.06. The lowest BCUT2D eigenvalue weighted by Crippen LogP contribution is -2.13. The minimum atomic E-state index is -0.469. The van der Waals surface area contributed by atoms with E-state index in [0.717, 1.165) is 17.1 Å². The zero-order valence-electron chi connectivity index (χ0n) is 15.7. The number of carbonyl (C=O) groups is 2. The molecule has 1 N–H and O–H groups in total. The monoisotopic (exact) mass is 389 g/mol. The molecule has 0 bridgehead atoms. The van der Waals surface area contributed by atoms with E-state index in [2.05, 4.69) is 4.98 Å². The van der Waals surface area contributed by atoms with Gasteiger partial charge in [-0.1, -0.05) is 0 Å². The molecule has 1 aromatic carbocycles. The first-order valence-electron chi connectivity index (χ1n) is 8.93. The Kier molecular flexibility index (Phi) is 6.11. The summed E-state index contributed by atoms with van der Waals surface area (Å²) in [5, 5.41) is 0. The molecule has 2 heterocycles. The van der Waals surface area contributed by atoms with E-state index in [1.54, 1.807) is 20.8 Å². The number of hydrogen-bond donors (Lipinski definition) is 1. The first-order chi connectivity index (χ1) is 13.0. The number of thioether (sulfide) groups is 1. The fourth-order valence-electron chi connectivity index (χ4n) is 3.04. The largest absolute Gasteiger partial charge is 0.490 e. The normalized spacial score (nSPS) is 13.1. The van der Waals surface area contributed by atoms with Crippen LogP contribution >= 0.6 is 11.8 Å². The maximum atomic E-state index is 12.8. The SMILES string of the molecule is CCOC(=O)c1c(C)[nH]c(C)c1C(=O)CSc1ccc2c(c1)OCCCO2. The number of ether oxygens (including phenoxy) is 3. The molecule has 0 aliphatic carbocycles. The molecule has 0 atom stereocenters. The maximum Gasteiger partial charge on any atom is 0.340 e. The van der Waals surface area contributed by atoms with Gasteiger partial charge in [0.15, 0.2) is 17.3 Å². The van der Waals surface area contributed by atoms with Gasteiger partial charge < -0.3 is 19.2 Å². The van der Waals surface area contributed by atoms with Gasteiger partial charge >= 0.3 is 5.97 Å². The van der Waals surface area contributed by atoms with Gasteiger partial charge in [0.1, 0.15) is 0 Å². The highest BCUT2D eigenvalue weighted by atomic mass is 32.2. The smallest absolute Gasteiger partial charge is 0.340 e. The number of aryl methyl sites for hydroxylation is 2. The zero-order chi connectivity index (χ0) is 19.4. The van der Waals surface area contributed by atoms with E-state index in [-0.39, 0.29) is 18.1 Å². The number of aromatic amines is 1. The van der Waals surface area contributed by atoms with Crippen molar-refractivity contribution in [1.82, 2.24) is 4.98 Å². The van der Waals surface area contributed by atoms with E-state index in [0.29, 0.717) is 41.5 Å². The van der Waals surface area contributed by atoms with Gasteiger partial charge in [-0.2, -0.15) is 0 Å². The lowest BCUT2D eigenvalue weighted by Gasteiger charge is -2.09. The molecule has 3 rings (SSSR count). The van der Waals surface area contributed by atoms with E-state index in [4.69, 9.17) is 14.2 Å². The van der Waals surface area contributed by atoms with Gasteiger partial charge in [0.05, 0.1) is 36.7 Å². The third-order valence-electron chi connectivity index (χ3n) is 4.22. The standard InChI is InChI=1S/C20H23NO5S/c1-4-24-20(23)19-13(3)21-12(2)18(19)15(22)11-27-14-6-7-16-17(10-14)26-9-5-8-25-16/h6-7,10,21H,4-5,8-9,11H2,1-3H3. The Balaban J connectivity index is 1.75. The second-order valence-electron chi connectivity index (χ2n) is 6.22. The number of nitrogens with one attached hydrogen (secondary N) is 1. The van der Waals surface area contributed by atoms with Crippen LogP contribution < -0.4 is 9.47 Å². The number of benzene rings is 1. The molecule has 0 fully saturated rings. The fourth-order valence-corrected chi connectivity index (χ4v) is 3.84. The summed E-state index contributed by atoms with van der Waals surface area (Å²) in [6, 6.07) is 5.66. The Hall–Kier alpha value is -2.41. The molecule has 0 saturated heterocycles. The lowest BCUT2D eigenvalue weighted by molar-refractivity contribution is 0.0522. The van der Waals surface area contributed by atoms with Crippen LogP contribution in [0.3, 0.4) is 0 Å². The molecule has 6 nitrogen and oxygen atoms in total. The van der Waals surface area contributed by atoms with E-state index >= 15 is 0 Å². The summed E-state index contributed by atoms with van der Waals surface area (Å²) in [4.78, 5) is 29.0. The molecule has 27 heavy (non-hydrogen) atoms. The van der Waals surface area contributed by atoms with E-state index in [1.165, 1.54) is 11.8 Å². The van der Waals surface area contributed by atoms with Crippen LogP contribution in [0, 0.1) is 13.8 Å². The number of hydrogen-bond acceptors (Lipinski definition) is 6. The predicted octanol–water partition coefficient (Wildman–Crippen LogP) is 3.94. The van der Waals surface area contributed by atoms with Crippen LogP contribution in [0.1, 0.15) is 45.4 Å². The number of carbonyl (C=O) groups excluding carboxylic acids is 2. The molecule has 0 spiro atoms. The molecule has 0 radical (unpaired) electrons. The van der Waals surface area contributed by atoms with Crippen molar-refractivity contribution in [3.63, 3.8) is 0 Å². The Morgan fingerprint density at radius 1 is 1.11 bits per heavy atom. The Labute approximate surface area is 162 Å². The van der Waals surface area contributed by atoms with E-state index in [9.17, 15) is 9.59 Å². The molecule has 2 aromatic rings. The van der Waals surface area contributed by atoms with Crippen LogP contribution in [-0.2, 0) is 4.74 Å². The number of aromatic nitrogens is 1. The van der Waals surface area contributed by atoms with Gasteiger partial charge in [0, 0.05) is 22.7 Å². The van der Waals surface area contributed by atoms with Gasteiger partial charge in [-0.15, -0.1) is 11.8 Å². The topological polar surface area (TPSA) is 77.6 Å². The molecule has 0 amide bonds. The summed E-state index contributed by atoms with van der Waals surface area (Å²) < 4.78 is 16.4. The number of H-pyrrole nitrogens is 1. The highest BCUT2D eigenvalue weighted by Gasteiger charge is 2.25. The fraction of sp³-hybridized carbons (Fsp3) is 0.400. The molecule has 7 heteroatoms. The van der Waals surface area contributed by atoms with Crippen LogP contribution in [-0.4, -0.2) is 42.3 Å². The highest BCUT2D eigenvalue weighted by molar-refractivity contribution is 8.00. The average molecular weight is 389 g/mol. The maximum absolute atomic E-state index is 12.8. The Morgan fingerprint density at radius 2 is 1.81 bits per heavy atom. The van der Waals surface area contributed by atoms with Crippen molar-refractivity contribution in [1.29, 1.82) is 0 Å². The van der Waals surface area contributed by atoms with Crippen molar-refractivity contribution in [2.45, 2.75) is 32.1 Å². The summed E-state index contributed by atoms with van der Waals surface area (Å²) in [6.45, 7) is 6.83. The van der Waals surface area contributed by atoms with Gasteiger partial charge in [0.25, 0.3) is 0 Å². The molecular weight excluding hydrogens is 366 g/mol. The number of esters is 1. The van der Waals surface area contributed by atoms with E-state index < -0.39 is 5.97 Å². The number of Topliss-reactive ketones (excluding diaryl/α,β-unsaturated/α-hetero) is 1. The van der Waals surface area contributed by atoms with Crippen molar-refractivity contribution >= 4 is 23.5 Å². The Bertz CT molecular complexity index is 858. The first-order valence-corrected chi connectivity index (χ1v) is 9.91. The minimum Gasteiger partial charge on any atom is -0.490 e. The van der Waals surface area contributed by atoms with Crippen molar-refractivity contribution in [3.8, 4) is 11.5 Å². The van der Waals surface area contributed by atoms with Gasteiger partial charge in [-0.25, -0.2) is 4.79 Å². The second kappa shape index (κ2) is 8.52. The third-order valence-corrected chi connectivity index (χ3v) is 5.22. The summed E-state index contributed by atoms with van der Waals surface area (Å²) in [5.41, 5.74) is 2.07. The van der Waals surface area contributed by atoms with Crippen LogP contribution in [0.4, 0.5) is 0 Å². The van der Waals surface area contributed by atoms with Gasteiger partial charge in [-0.05, 0) is 39.0 Å². The third kappa shape index (κ3) is 4.30. The highest BCUT2D eigenvalue weighted by Crippen LogP contribution is 2.34. The molecule has 1 aliphatic rings. The summed E-state index contributed by atoms with van der Waals surface area (Å²) in [6.07, 6.45) is 0.846. The lowest BCUT2D eigenvalue weighted by atomic mass is 10.1. The number of fused-ring (bicyclic) bond motifs is 1. The molecule has 0 unspecified atom stereocenters. The molecule has 0 saturated carbocycles. The Morgan fingerprint density at radius 3 is 2.56 bits per heavy atom. The quantitative estimate of drug-likeness (QED) is 0.458. The summed E-state index contributed by atoms with van der Waals surface area (Å²) in [7, 11) is 0. The van der Waals surface area contributed by atoms with Gasteiger partial charge in [-0.3, -0.25) is 4.79 Å². The minimum absolute atomic E-state index is 0.114. The van der Waals surface area contributed by atoms with Crippen molar-refractivity contribution < 1.29 is 23.8 Å². The second-order valence-corrected chi connectivity index (χ2v) is 7.27. The first kappa shape index (κ1) is 19.4. The predicted molar refractivity (Wildman–Crippen MR) is 103 cm³/mol. The molecular formula is C20H23NO5S. The van der Waals surface area contributed by atoms with E-state index in [1.807, 2.05) is 18.2 Å². The molecule has 144 valence electrons. The van der Waals surface area contributed by atoms with Crippen LogP contribution in [0.15, 0.2) is 23.1 Å². The van der Waals surface area contributed by atoms with Crippen molar-refractivity contribution in [2.24, 2.45) is 0 Å². The average Bonchev–Trinajstić information content (AvgIpc) is 2.81. The van der Waals surface area contributed by atoms with Crippen molar-refractivity contribution in [2.75, 3.05) is 25.6 Å². The van der Waals surface area contributed by atoms with Gasteiger partial charge in [0.2, 0.25) is 0 Å².